The quantitative estimate of drug-likeness (QED) is 0.456. The largest absolute Gasteiger partial charge is 0.347 e. The van der Waals surface area contributed by atoms with Gasteiger partial charge in [-0.1, -0.05) is 6.07 Å². The Bertz CT molecular complexity index is 1120. The second kappa shape index (κ2) is 7.97. The first-order valence-corrected chi connectivity index (χ1v) is 8.72. The van der Waals surface area contributed by atoms with E-state index in [0.717, 1.165) is 17.3 Å². The Kier molecular flexibility index (Phi) is 5.06. The Morgan fingerprint density at radius 1 is 1.07 bits per heavy atom. The highest BCUT2D eigenvalue weighted by Crippen LogP contribution is 2.22. The molecule has 0 fully saturated rings. The summed E-state index contributed by atoms with van der Waals surface area (Å²) in [6.07, 6.45) is 4.73. The summed E-state index contributed by atoms with van der Waals surface area (Å²) in [4.78, 5) is 16.4. The van der Waals surface area contributed by atoms with Crippen LogP contribution in [0, 0.1) is 11.6 Å². The highest BCUT2D eigenvalue weighted by Gasteiger charge is 2.13. The van der Waals surface area contributed by atoms with Gasteiger partial charge in [0.05, 0.1) is 11.7 Å². The molecule has 4 aromatic rings. The molecule has 10 heteroatoms. The van der Waals surface area contributed by atoms with Crippen molar-refractivity contribution in [2.75, 3.05) is 10.6 Å². The highest BCUT2D eigenvalue weighted by atomic mass is 19.1. The molecule has 0 radical (unpaired) electrons. The van der Waals surface area contributed by atoms with Crippen molar-refractivity contribution in [3.8, 4) is 11.3 Å². The van der Waals surface area contributed by atoms with Crippen molar-refractivity contribution < 1.29 is 8.78 Å². The smallest absolute Gasteiger partial charge is 0.233 e. The average molecular weight is 394 g/mol. The SMILES string of the molecule is CC(Nc1ncnc(Nc2cc(-c3cccnc3)[nH]n2)n1)c1ccc(F)cc1F. The average Bonchev–Trinajstić information content (AvgIpc) is 3.17. The Labute approximate surface area is 164 Å². The highest BCUT2D eigenvalue weighted by molar-refractivity contribution is 5.63. The lowest BCUT2D eigenvalue weighted by molar-refractivity contribution is 0.566. The lowest BCUT2D eigenvalue weighted by Gasteiger charge is -2.15. The van der Waals surface area contributed by atoms with Crippen molar-refractivity contribution in [3.63, 3.8) is 0 Å². The van der Waals surface area contributed by atoms with E-state index in [0.29, 0.717) is 11.4 Å². The Hall–Kier alpha value is -3.95. The summed E-state index contributed by atoms with van der Waals surface area (Å²) in [5, 5.41) is 13.0. The summed E-state index contributed by atoms with van der Waals surface area (Å²) in [6, 6.07) is 8.48. The minimum absolute atomic E-state index is 0.238. The molecule has 29 heavy (non-hydrogen) atoms. The van der Waals surface area contributed by atoms with E-state index in [-0.39, 0.29) is 11.9 Å². The number of rotatable bonds is 6. The molecule has 0 amide bonds. The molecule has 0 bridgehead atoms. The van der Waals surface area contributed by atoms with E-state index in [2.05, 4.69) is 40.8 Å². The summed E-state index contributed by atoms with van der Waals surface area (Å²) in [6.45, 7) is 1.72. The van der Waals surface area contributed by atoms with E-state index in [4.69, 9.17) is 0 Å². The van der Waals surface area contributed by atoms with Gasteiger partial charge in [-0.3, -0.25) is 10.1 Å². The first-order valence-electron chi connectivity index (χ1n) is 8.72. The molecule has 4 rings (SSSR count). The monoisotopic (exact) mass is 394 g/mol. The van der Waals surface area contributed by atoms with Gasteiger partial charge >= 0.3 is 0 Å². The van der Waals surface area contributed by atoms with Gasteiger partial charge in [0.2, 0.25) is 11.9 Å². The van der Waals surface area contributed by atoms with Gasteiger partial charge in [-0.05, 0) is 25.1 Å². The van der Waals surface area contributed by atoms with Crippen LogP contribution in [0.15, 0.2) is 55.1 Å². The van der Waals surface area contributed by atoms with Crippen molar-refractivity contribution in [2.45, 2.75) is 13.0 Å². The standard InChI is InChI=1S/C19H16F2N8/c1-11(14-5-4-13(20)7-15(14)21)25-18-23-10-24-19(27-18)26-17-8-16(28-29-17)12-3-2-6-22-9-12/h2-11H,1H3,(H3,23,24,25,26,27,28,29). The van der Waals surface area contributed by atoms with Crippen LogP contribution in [0.1, 0.15) is 18.5 Å². The van der Waals surface area contributed by atoms with Crippen molar-refractivity contribution in [3.05, 3.63) is 72.3 Å². The molecule has 3 heterocycles. The van der Waals surface area contributed by atoms with Crippen LogP contribution < -0.4 is 10.6 Å². The first kappa shape index (κ1) is 18.4. The molecular formula is C19H16F2N8. The zero-order valence-electron chi connectivity index (χ0n) is 15.3. The van der Waals surface area contributed by atoms with Gasteiger partial charge in [0.15, 0.2) is 5.82 Å². The number of nitrogens with one attached hydrogen (secondary N) is 3. The van der Waals surface area contributed by atoms with Gasteiger partial charge < -0.3 is 10.6 Å². The molecule has 3 aromatic heterocycles. The molecule has 1 unspecified atom stereocenters. The van der Waals surface area contributed by atoms with Crippen molar-refractivity contribution >= 4 is 17.7 Å². The molecule has 0 saturated heterocycles. The Balaban J connectivity index is 1.47. The van der Waals surface area contributed by atoms with Gasteiger partial charge in [-0.2, -0.15) is 10.1 Å². The summed E-state index contributed by atoms with van der Waals surface area (Å²) in [5.74, 6) is -0.259. The Morgan fingerprint density at radius 3 is 2.72 bits per heavy atom. The fraction of sp³-hybridized carbons (Fsp3) is 0.105. The van der Waals surface area contributed by atoms with Crippen LogP contribution in [0.25, 0.3) is 11.3 Å². The van der Waals surface area contributed by atoms with E-state index in [9.17, 15) is 8.78 Å². The summed E-state index contributed by atoms with van der Waals surface area (Å²) >= 11 is 0. The maximum Gasteiger partial charge on any atom is 0.233 e. The van der Waals surface area contributed by atoms with Gasteiger partial charge in [0.25, 0.3) is 0 Å². The predicted octanol–water partition coefficient (Wildman–Crippen LogP) is 3.85. The molecule has 3 N–H and O–H groups in total. The normalized spacial score (nSPS) is 11.8. The van der Waals surface area contributed by atoms with Crippen molar-refractivity contribution in [2.24, 2.45) is 0 Å². The van der Waals surface area contributed by atoms with Crippen molar-refractivity contribution in [1.82, 2.24) is 30.1 Å². The number of halogens is 2. The molecule has 1 atom stereocenters. The number of hydrogen-bond donors (Lipinski definition) is 3. The van der Waals surface area contributed by atoms with E-state index >= 15 is 0 Å². The third-order valence-corrected chi connectivity index (χ3v) is 4.14. The number of H-pyrrole nitrogens is 1. The second-order valence-corrected chi connectivity index (χ2v) is 6.20. The fourth-order valence-corrected chi connectivity index (χ4v) is 2.72. The number of pyridine rings is 1. The zero-order chi connectivity index (χ0) is 20.2. The summed E-state index contributed by atoms with van der Waals surface area (Å²) in [7, 11) is 0. The fourth-order valence-electron chi connectivity index (χ4n) is 2.72. The molecule has 0 aliphatic rings. The van der Waals surface area contributed by atoms with Gasteiger partial charge in [-0.25, -0.2) is 18.7 Å². The number of benzene rings is 1. The van der Waals surface area contributed by atoms with Gasteiger partial charge in [-0.15, -0.1) is 0 Å². The minimum atomic E-state index is -0.642. The molecule has 0 spiro atoms. The number of anilines is 3. The van der Waals surface area contributed by atoms with Crippen LogP contribution in [0.5, 0.6) is 0 Å². The molecule has 1 aromatic carbocycles. The minimum Gasteiger partial charge on any atom is -0.347 e. The second-order valence-electron chi connectivity index (χ2n) is 6.20. The van der Waals surface area contributed by atoms with Crippen molar-refractivity contribution in [1.29, 1.82) is 0 Å². The van der Waals surface area contributed by atoms with E-state index in [1.165, 1.54) is 18.5 Å². The van der Waals surface area contributed by atoms with Gasteiger partial charge in [0.1, 0.15) is 18.0 Å². The van der Waals surface area contributed by atoms with E-state index in [1.54, 1.807) is 25.4 Å². The molecule has 146 valence electrons. The topological polar surface area (TPSA) is 104 Å². The molecule has 0 saturated carbocycles. The third-order valence-electron chi connectivity index (χ3n) is 4.14. The number of nitrogens with zero attached hydrogens (tertiary/aromatic N) is 5. The molecule has 0 aliphatic carbocycles. The lowest BCUT2D eigenvalue weighted by Crippen LogP contribution is -2.12. The molecular weight excluding hydrogens is 378 g/mol. The van der Waals surface area contributed by atoms with Crippen LogP contribution in [-0.4, -0.2) is 30.1 Å². The van der Waals surface area contributed by atoms with Gasteiger partial charge in [0, 0.05) is 35.7 Å². The summed E-state index contributed by atoms with van der Waals surface area (Å²) in [5.41, 5.74) is 1.98. The molecule has 8 nitrogen and oxygen atoms in total. The number of hydrogen-bond acceptors (Lipinski definition) is 7. The maximum absolute atomic E-state index is 14.0. The van der Waals surface area contributed by atoms with Crippen LogP contribution >= 0.6 is 0 Å². The first-order chi connectivity index (χ1) is 14.1. The number of aromatic nitrogens is 6. The zero-order valence-corrected chi connectivity index (χ0v) is 15.3. The van der Waals surface area contributed by atoms with Crippen LogP contribution in [0.2, 0.25) is 0 Å². The molecule has 0 aliphatic heterocycles. The summed E-state index contributed by atoms with van der Waals surface area (Å²) < 4.78 is 27.0. The van der Waals surface area contributed by atoms with Crippen LogP contribution in [-0.2, 0) is 0 Å². The van der Waals surface area contributed by atoms with Crippen LogP contribution in [0.4, 0.5) is 26.5 Å². The van der Waals surface area contributed by atoms with Crippen LogP contribution in [0.3, 0.4) is 0 Å². The van der Waals surface area contributed by atoms with E-state index < -0.39 is 17.7 Å². The lowest BCUT2D eigenvalue weighted by atomic mass is 10.1. The van der Waals surface area contributed by atoms with E-state index in [1.807, 2.05) is 12.1 Å². The Morgan fingerprint density at radius 2 is 1.93 bits per heavy atom. The maximum atomic E-state index is 14.0. The number of aromatic amines is 1. The predicted molar refractivity (Wildman–Crippen MR) is 103 cm³/mol. The third kappa shape index (κ3) is 4.32.